The molecule has 1 unspecified atom stereocenters. The topological polar surface area (TPSA) is 16.1 Å². The van der Waals surface area contributed by atoms with Crippen LogP contribution in [0.25, 0.3) is 0 Å². The SMILES string of the molecule is CCC(C)N(CC)c1nc(Cl)c(Cl)cc1Cl. The fourth-order valence-corrected chi connectivity index (χ4v) is 2.13. The second kappa shape index (κ2) is 5.95. The molecule has 0 radical (unpaired) electrons. The lowest BCUT2D eigenvalue weighted by atomic mass is 10.2. The monoisotopic (exact) mass is 280 g/mol. The zero-order chi connectivity index (χ0) is 12.3. The van der Waals surface area contributed by atoms with Crippen molar-refractivity contribution in [1.29, 1.82) is 0 Å². The molecule has 5 heteroatoms. The summed E-state index contributed by atoms with van der Waals surface area (Å²) in [5.41, 5.74) is 0. The summed E-state index contributed by atoms with van der Waals surface area (Å²) in [6.07, 6.45) is 1.02. The number of hydrogen-bond acceptors (Lipinski definition) is 2. The van der Waals surface area contributed by atoms with E-state index in [4.69, 9.17) is 34.8 Å². The number of aromatic nitrogens is 1. The first-order valence-corrected chi connectivity index (χ1v) is 6.42. The number of halogens is 3. The van der Waals surface area contributed by atoms with E-state index in [1.165, 1.54) is 0 Å². The van der Waals surface area contributed by atoms with E-state index >= 15 is 0 Å². The van der Waals surface area contributed by atoms with Crippen LogP contribution in [0, 0.1) is 0 Å². The highest BCUT2D eigenvalue weighted by atomic mass is 35.5. The molecule has 2 nitrogen and oxygen atoms in total. The maximum atomic E-state index is 6.13. The van der Waals surface area contributed by atoms with Crippen molar-refractivity contribution in [3.8, 4) is 0 Å². The molecule has 0 amide bonds. The fraction of sp³-hybridized carbons (Fsp3) is 0.545. The number of rotatable bonds is 4. The summed E-state index contributed by atoms with van der Waals surface area (Å²) in [7, 11) is 0. The smallest absolute Gasteiger partial charge is 0.150 e. The molecule has 16 heavy (non-hydrogen) atoms. The van der Waals surface area contributed by atoms with Crippen LogP contribution in [0.2, 0.25) is 15.2 Å². The van der Waals surface area contributed by atoms with Crippen LogP contribution >= 0.6 is 34.8 Å². The van der Waals surface area contributed by atoms with Crippen LogP contribution in [-0.2, 0) is 0 Å². The van der Waals surface area contributed by atoms with Gasteiger partial charge in [-0.2, -0.15) is 0 Å². The second-order valence-corrected chi connectivity index (χ2v) is 4.78. The van der Waals surface area contributed by atoms with E-state index in [0.29, 0.717) is 27.1 Å². The molecular formula is C11H15Cl3N2. The van der Waals surface area contributed by atoms with Crippen molar-refractivity contribution in [1.82, 2.24) is 4.98 Å². The van der Waals surface area contributed by atoms with Gasteiger partial charge in [0.25, 0.3) is 0 Å². The molecule has 1 atom stereocenters. The van der Waals surface area contributed by atoms with Crippen molar-refractivity contribution in [3.05, 3.63) is 21.3 Å². The Morgan fingerprint density at radius 3 is 2.38 bits per heavy atom. The Labute approximate surface area is 112 Å². The molecule has 0 saturated heterocycles. The van der Waals surface area contributed by atoms with Gasteiger partial charge in [-0.25, -0.2) is 4.98 Å². The lowest BCUT2D eigenvalue weighted by molar-refractivity contribution is 0.623. The van der Waals surface area contributed by atoms with Crippen molar-refractivity contribution in [3.63, 3.8) is 0 Å². The summed E-state index contributed by atoms with van der Waals surface area (Å²) in [5, 5.41) is 1.22. The lowest BCUT2D eigenvalue weighted by Gasteiger charge is -2.29. The highest BCUT2D eigenvalue weighted by Gasteiger charge is 2.17. The van der Waals surface area contributed by atoms with Crippen molar-refractivity contribution < 1.29 is 0 Å². The van der Waals surface area contributed by atoms with Gasteiger partial charge in [0.2, 0.25) is 0 Å². The molecule has 0 aliphatic carbocycles. The number of pyridine rings is 1. The molecule has 1 heterocycles. The molecular weight excluding hydrogens is 266 g/mol. The third-order valence-corrected chi connectivity index (χ3v) is 3.55. The number of anilines is 1. The van der Waals surface area contributed by atoms with Crippen LogP contribution in [0.15, 0.2) is 6.07 Å². The van der Waals surface area contributed by atoms with E-state index in [2.05, 4.69) is 30.7 Å². The first-order valence-electron chi connectivity index (χ1n) is 5.29. The Hall–Kier alpha value is -0.180. The molecule has 0 aliphatic heterocycles. The fourth-order valence-electron chi connectivity index (χ4n) is 1.53. The Morgan fingerprint density at radius 2 is 1.88 bits per heavy atom. The third kappa shape index (κ3) is 2.93. The standard InChI is InChI=1S/C11H15Cl3N2/c1-4-7(3)16(5-2)11-9(13)6-8(12)10(14)15-11/h6-7H,4-5H2,1-3H3. The zero-order valence-corrected chi connectivity index (χ0v) is 11.9. The Kier molecular flexibility index (Phi) is 5.16. The van der Waals surface area contributed by atoms with Crippen molar-refractivity contribution in [2.24, 2.45) is 0 Å². The largest absolute Gasteiger partial charge is 0.353 e. The number of hydrogen-bond donors (Lipinski definition) is 0. The van der Waals surface area contributed by atoms with Gasteiger partial charge in [0, 0.05) is 12.6 Å². The quantitative estimate of drug-likeness (QED) is 0.746. The summed E-state index contributed by atoms with van der Waals surface area (Å²) in [6.45, 7) is 7.15. The normalized spacial score (nSPS) is 12.6. The molecule has 90 valence electrons. The van der Waals surface area contributed by atoms with E-state index < -0.39 is 0 Å². The van der Waals surface area contributed by atoms with Gasteiger partial charge in [-0.05, 0) is 26.3 Å². The summed E-state index contributed by atoms with van der Waals surface area (Å²) in [4.78, 5) is 6.36. The van der Waals surface area contributed by atoms with Gasteiger partial charge in [0.05, 0.1) is 10.0 Å². The summed E-state index contributed by atoms with van der Waals surface area (Å²) in [6, 6.07) is 2.01. The minimum Gasteiger partial charge on any atom is -0.353 e. The summed E-state index contributed by atoms with van der Waals surface area (Å²) in [5.74, 6) is 0.702. The predicted molar refractivity (Wildman–Crippen MR) is 72.0 cm³/mol. The van der Waals surface area contributed by atoms with Crippen molar-refractivity contribution >= 4 is 40.6 Å². The van der Waals surface area contributed by atoms with Gasteiger partial charge < -0.3 is 4.90 Å². The van der Waals surface area contributed by atoms with Crippen LogP contribution in [0.3, 0.4) is 0 Å². The molecule has 0 saturated carbocycles. The highest BCUT2D eigenvalue weighted by Crippen LogP contribution is 2.32. The molecule has 1 aromatic rings. The molecule has 0 spiro atoms. The average molecular weight is 282 g/mol. The Bertz CT molecular complexity index is 368. The van der Waals surface area contributed by atoms with Gasteiger partial charge in [-0.15, -0.1) is 0 Å². The maximum Gasteiger partial charge on any atom is 0.150 e. The predicted octanol–water partition coefficient (Wildman–Crippen LogP) is 4.67. The number of nitrogens with zero attached hydrogens (tertiary/aromatic N) is 2. The van der Waals surface area contributed by atoms with Gasteiger partial charge in [-0.1, -0.05) is 41.7 Å². The minimum atomic E-state index is 0.294. The van der Waals surface area contributed by atoms with Crippen LogP contribution in [-0.4, -0.2) is 17.6 Å². The maximum absolute atomic E-state index is 6.13. The van der Waals surface area contributed by atoms with Crippen LogP contribution in [0.4, 0.5) is 5.82 Å². The van der Waals surface area contributed by atoms with Gasteiger partial charge in [0.1, 0.15) is 11.0 Å². The van der Waals surface area contributed by atoms with Gasteiger partial charge in [-0.3, -0.25) is 0 Å². The van der Waals surface area contributed by atoms with Crippen LogP contribution in [0.5, 0.6) is 0 Å². The van der Waals surface area contributed by atoms with E-state index in [1.54, 1.807) is 6.07 Å². The highest BCUT2D eigenvalue weighted by molar-refractivity contribution is 6.42. The molecule has 0 aliphatic rings. The first kappa shape index (κ1) is 13.9. The van der Waals surface area contributed by atoms with Crippen molar-refractivity contribution in [2.75, 3.05) is 11.4 Å². The van der Waals surface area contributed by atoms with Gasteiger partial charge >= 0.3 is 0 Å². The van der Waals surface area contributed by atoms with Crippen molar-refractivity contribution in [2.45, 2.75) is 33.2 Å². The second-order valence-electron chi connectivity index (χ2n) is 3.61. The summed E-state index contributed by atoms with van der Waals surface area (Å²) >= 11 is 17.9. The Balaban J connectivity index is 3.15. The van der Waals surface area contributed by atoms with E-state index in [1.807, 2.05) is 0 Å². The Morgan fingerprint density at radius 1 is 1.25 bits per heavy atom. The van der Waals surface area contributed by atoms with E-state index in [9.17, 15) is 0 Å². The molecule has 1 rings (SSSR count). The summed E-state index contributed by atoms with van der Waals surface area (Å²) < 4.78 is 0. The lowest BCUT2D eigenvalue weighted by Crippen LogP contribution is -2.33. The van der Waals surface area contributed by atoms with E-state index in [0.717, 1.165) is 13.0 Å². The average Bonchev–Trinajstić information content (AvgIpc) is 2.26. The molecule has 0 bridgehead atoms. The minimum absolute atomic E-state index is 0.294. The third-order valence-electron chi connectivity index (χ3n) is 2.60. The van der Waals surface area contributed by atoms with E-state index in [-0.39, 0.29) is 0 Å². The van der Waals surface area contributed by atoms with Crippen LogP contribution in [0.1, 0.15) is 27.2 Å². The molecule has 1 aromatic heterocycles. The van der Waals surface area contributed by atoms with Gasteiger partial charge in [0.15, 0.2) is 0 Å². The molecule has 0 N–H and O–H groups in total. The first-order chi connectivity index (χ1) is 7.51. The van der Waals surface area contributed by atoms with Crippen LogP contribution < -0.4 is 4.90 Å². The molecule has 0 aromatic carbocycles. The molecule has 0 fully saturated rings. The zero-order valence-electron chi connectivity index (χ0n) is 9.60.